The van der Waals surface area contributed by atoms with Gasteiger partial charge in [0.25, 0.3) is 5.91 Å². The van der Waals surface area contributed by atoms with Crippen LogP contribution < -0.4 is 9.47 Å². The number of ether oxygens (including phenoxy) is 2. The molecule has 0 spiro atoms. The Morgan fingerprint density at radius 1 is 1.11 bits per heavy atom. The summed E-state index contributed by atoms with van der Waals surface area (Å²) in [6.07, 6.45) is 2.99. The van der Waals surface area contributed by atoms with Gasteiger partial charge in [0.05, 0.1) is 49.1 Å². The zero-order valence-corrected chi connectivity index (χ0v) is 23.8. The number of hydrogen-bond donors (Lipinski definition) is 0. The van der Waals surface area contributed by atoms with E-state index in [1.54, 1.807) is 19.2 Å². The molecule has 38 heavy (non-hydrogen) atoms. The molecule has 0 N–H and O–H groups in total. The Hall–Kier alpha value is -3.45. The van der Waals surface area contributed by atoms with Gasteiger partial charge in [-0.05, 0) is 43.5 Å². The molecule has 8 heteroatoms. The van der Waals surface area contributed by atoms with Crippen LogP contribution in [0.3, 0.4) is 0 Å². The number of likely N-dealkylation sites (N-methyl/N-ethyl adjacent to an activating group) is 1. The maximum absolute atomic E-state index is 13.9. The number of carbonyl (C=O) groups excluding carboxylic acids is 1. The highest BCUT2D eigenvalue weighted by molar-refractivity contribution is 6.35. The number of aromatic nitrogens is 1. The van der Waals surface area contributed by atoms with Gasteiger partial charge in [0.1, 0.15) is 6.17 Å². The molecular formula is C30H37ClN4O3. The summed E-state index contributed by atoms with van der Waals surface area (Å²) >= 11 is 6.65. The third-order valence-electron chi connectivity index (χ3n) is 7.10. The number of methoxy groups -OCH3 is 2. The predicted molar refractivity (Wildman–Crippen MR) is 153 cm³/mol. The van der Waals surface area contributed by atoms with Gasteiger partial charge in [-0.15, -0.1) is 0 Å². The predicted octanol–water partition coefficient (Wildman–Crippen LogP) is 6.03. The Balaban J connectivity index is 1.61. The Kier molecular flexibility index (Phi) is 8.67. The third kappa shape index (κ3) is 5.83. The van der Waals surface area contributed by atoms with Crippen molar-refractivity contribution in [2.45, 2.75) is 39.9 Å². The van der Waals surface area contributed by atoms with E-state index in [0.29, 0.717) is 42.6 Å². The molecular weight excluding hydrogens is 500 g/mol. The highest BCUT2D eigenvalue weighted by Crippen LogP contribution is 2.38. The third-order valence-corrected chi connectivity index (χ3v) is 7.48. The summed E-state index contributed by atoms with van der Waals surface area (Å²) in [7, 11) is 5.14. The highest BCUT2D eigenvalue weighted by Gasteiger charge is 2.32. The lowest BCUT2D eigenvalue weighted by atomic mass is 10.1. The molecule has 1 aliphatic heterocycles. The van der Waals surface area contributed by atoms with E-state index in [9.17, 15) is 4.79 Å². The highest BCUT2D eigenvalue weighted by atomic mass is 35.5. The second kappa shape index (κ2) is 11.9. The van der Waals surface area contributed by atoms with E-state index < -0.39 is 0 Å². The maximum atomic E-state index is 13.9. The van der Waals surface area contributed by atoms with E-state index in [-0.39, 0.29) is 17.1 Å². The van der Waals surface area contributed by atoms with E-state index in [1.807, 2.05) is 23.1 Å². The van der Waals surface area contributed by atoms with Gasteiger partial charge >= 0.3 is 0 Å². The second-order valence-corrected chi connectivity index (χ2v) is 10.5. The van der Waals surface area contributed by atoms with Gasteiger partial charge in [-0.1, -0.05) is 49.7 Å². The fourth-order valence-corrected chi connectivity index (χ4v) is 5.06. The molecule has 4 rings (SSSR count). The number of para-hydroxylation sites is 1. The van der Waals surface area contributed by atoms with Crippen LogP contribution in [0.15, 0.2) is 60.4 Å². The molecule has 7 nitrogen and oxygen atoms in total. The fourth-order valence-electron chi connectivity index (χ4n) is 4.75. The lowest BCUT2D eigenvalue weighted by Crippen LogP contribution is -2.48. The number of nitrogens with zero attached hydrogens (tertiary/aromatic N) is 4. The molecule has 1 aliphatic rings. The number of fused-ring (bicyclic) bond motifs is 1. The minimum absolute atomic E-state index is 0.0432. The number of pyridine rings is 1. The molecule has 0 radical (unpaired) electrons. The summed E-state index contributed by atoms with van der Waals surface area (Å²) in [6.45, 7) is 8.18. The molecule has 1 unspecified atom stereocenters. The zero-order chi connectivity index (χ0) is 27.4. The van der Waals surface area contributed by atoms with E-state index in [4.69, 9.17) is 26.1 Å². The van der Waals surface area contributed by atoms with Crippen LogP contribution in [-0.2, 0) is 6.54 Å². The summed E-state index contributed by atoms with van der Waals surface area (Å²) in [5.41, 5.74) is 3.50. The Labute approximate surface area is 230 Å². The van der Waals surface area contributed by atoms with Crippen molar-refractivity contribution in [1.82, 2.24) is 19.7 Å². The van der Waals surface area contributed by atoms with Gasteiger partial charge in [0.15, 0.2) is 11.5 Å². The number of hydrogen-bond acceptors (Lipinski definition) is 6. The van der Waals surface area contributed by atoms with Crippen molar-refractivity contribution < 1.29 is 14.3 Å². The van der Waals surface area contributed by atoms with Gasteiger partial charge in [-0.25, -0.2) is 0 Å². The SMILES string of the molecule is COc1ccc(C(=O)N(CCC(C)C)CC2N(Cc3ccc4ccccc4n3)C=C(C)N2C)c(Cl)c1OC. The van der Waals surface area contributed by atoms with Crippen LogP contribution in [0.5, 0.6) is 11.5 Å². The average molecular weight is 537 g/mol. The molecule has 0 saturated heterocycles. The number of allylic oxidation sites excluding steroid dienone is 1. The lowest BCUT2D eigenvalue weighted by molar-refractivity contribution is 0.0600. The van der Waals surface area contributed by atoms with Crippen molar-refractivity contribution in [2.75, 3.05) is 34.4 Å². The van der Waals surface area contributed by atoms with E-state index in [0.717, 1.165) is 28.7 Å². The number of rotatable bonds is 10. The fraction of sp³-hybridized carbons (Fsp3) is 0.400. The minimum atomic E-state index is -0.127. The van der Waals surface area contributed by atoms with Crippen molar-refractivity contribution in [3.8, 4) is 11.5 Å². The van der Waals surface area contributed by atoms with E-state index in [1.165, 1.54) is 7.11 Å². The van der Waals surface area contributed by atoms with Gasteiger partial charge in [-0.3, -0.25) is 9.78 Å². The van der Waals surface area contributed by atoms with Crippen LogP contribution >= 0.6 is 11.6 Å². The summed E-state index contributed by atoms with van der Waals surface area (Å²) in [5, 5.41) is 1.38. The molecule has 1 amide bonds. The Bertz CT molecular complexity index is 1330. The molecule has 0 aliphatic carbocycles. The van der Waals surface area contributed by atoms with Gasteiger partial charge < -0.3 is 24.2 Å². The maximum Gasteiger partial charge on any atom is 0.255 e. The van der Waals surface area contributed by atoms with Crippen LogP contribution in [-0.4, -0.2) is 66.1 Å². The zero-order valence-electron chi connectivity index (χ0n) is 23.1. The molecule has 0 saturated carbocycles. The molecule has 1 atom stereocenters. The van der Waals surface area contributed by atoms with Crippen molar-refractivity contribution >= 4 is 28.4 Å². The Morgan fingerprint density at radius 3 is 2.58 bits per heavy atom. The number of halogens is 1. The molecule has 0 fully saturated rings. The first-order valence-electron chi connectivity index (χ1n) is 12.9. The first-order valence-corrected chi connectivity index (χ1v) is 13.3. The summed E-state index contributed by atoms with van der Waals surface area (Å²) in [5.74, 6) is 1.18. The van der Waals surface area contributed by atoms with E-state index >= 15 is 0 Å². The topological polar surface area (TPSA) is 58.1 Å². The number of amides is 1. The van der Waals surface area contributed by atoms with Gasteiger partial charge in [0, 0.05) is 30.9 Å². The van der Waals surface area contributed by atoms with Crippen LogP contribution in [0.1, 0.15) is 43.2 Å². The summed E-state index contributed by atoms with van der Waals surface area (Å²) < 4.78 is 10.8. The molecule has 0 bridgehead atoms. The molecule has 3 aromatic rings. The Morgan fingerprint density at radius 2 is 1.87 bits per heavy atom. The van der Waals surface area contributed by atoms with Crippen LogP contribution in [0.25, 0.3) is 10.9 Å². The first-order chi connectivity index (χ1) is 18.2. The van der Waals surface area contributed by atoms with Gasteiger partial charge in [-0.2, -0.15) is 0 Å². The van der Waals surface area contributed by atoms with Crippen LogP contribution in [0, 0.1) is 5.92 Å². The quantitative estimate of drug-likeness (QED) is 0.315. The molecule has 1 aromatic heterocycles. The van der Waals surface area contributed by atoms with Crippen molar-refractivity contribution in [2.24, 2.45) is 5.92 Å². The monoisotopic (exact) mass is 536 g/mol. The smallest absolute Gasteiger partial charge is 0.255 e. The van der Waals surface area contributed by atoms with Crippen LogP contribution in [0.2, 0.25) is 5.02 Å². The largest absolute Gasteiger partial charge is 0.493 e. The molecule has 2 heterocycles. The van der Waals surface area contributed by atoms with Crippen molar-refractivity contribution in [3.05, 3.63) is 76.7 Å². The lowest BCUT2D eigenvalue weighted by Gasteiger charge is -2.36. The number of benzene rings is 2. The van der Waals surface area contributed by atoms with Crippen LogP contribution in [0.4, 0.5) is 0 Å². The van der Waals surface area contributed by atoms with Crippen molar-refractivity contribution in [3.63, 3.8) is 0 Å². The second-order valence-electron chi connectivity index (χ2n) is 10.1. The van der Waals surface area contributed by atoms with Gasteiger partial charge in [0.2, 0.25) is 0 Å². The summed E-state index contributed by atoms with van der Waals surface area (Å²) in [6, 6.07) is 15.8. The average Bonchev–Trinajstić information content (AvgIpc) is 3.17. The normalized spacial score (nSPS) is 15.3. The first kappa shape index (κ1) is 27.6. The molecule has 202 valence electrons. The molecule has 2 aromatic carbocycles. The van der Waals surface area contributed by atoms with Crippen molar-refractivity contribution in [1.29, 1.82) is 0 Å². The van der Waals surface area contributed by atoms with E-state index in [2.05, 4.69) is 62.0 Å². The standard InChI is InChI=1S/C30H37ClN4O3/c1-20(2)15-16-34(30(36)24-13-14-26(37-5)29(38-6)28(24)31)19-27-33(4)21(3)17-35(27)18-23-12-11-22-9-7-8-10-25(22)32-23/h7-14,17,20,27H,15-16,18-19H2,1-6H3. The minimum Gasteiger partial charge on any atom is -0.493 e. The number of carbonyl (C=O) groups is 1. The summed E-state index contributed by atoms with van der Waals surface area (Å²) in [4.78, 5) is 25.2.